The van der Waals surface area contributed by atoms with Gasteiger partial charge in [-0.15, -0.1) is 91.8 Å². The Bertz CT molecular complexity index is 4020. The van der Waals surface area contributed by atoms with Crippen LogP contribution < -0.4 is 42.4 Å². The summed E-state index contributed by atoms with van der Waals surface area (Å²) in [5.41, 5.74) is 4.06. The molecule has 96 heavy (non-hydrogen) atoms. The van der Waals surface area contributed by atoms with Gasteiger partial charge in [-0.3, -0.25) is 46.3 Å². The molecule has 0 aliphatic carbocycles. The van der Waals surface area contributed by atoms with Crippen LogP contribution in [0.1, 0.15) is 167 Å². The fourth-order valence-electron chi connectivity index (χ4n) is 5.77. The molecule has 0 aromatic carbocycles. The van der Waals surface area contributed by atoms with Crippen molar-refractivity contribution in [2.75, 3.05) is 57.5 Å². The van der Waals surface area contributed by atoms with E-state index in [0.29, 0.717) is 10.3 Å². The molecule has 6 amide bonds. The van der Waals surface area contributed by atoms with E-state index >= 15 is 0 Å². The first-order valence-corrected chi connectivity index (χ1v) is 33.9. The number of hydrogen-bond acceptors (Lipinski definition) is 35. The number of nitrogens with one attached hydrogen (secondary N) is 6. The zero-order valence-corrected chi connectivity index (χ0v) is 59.7. The summed E-state index contributed by atoms with van der Waals surface area (Å²) in [4.78, 5) is 160. The van der Waals surface area contributed by atoms with E-state index in [2.05, 4.69) is 71.8 Å². The van der Waals surface area contributed by atoms with Crippen molar-refractivity contribution in [2.45, 2.75) is 99.9 Å². The highest BCUT2D eigenvalue weighted by Crippen LogP contribution is 2.26. The van der Waals surface area contributed by atoms with Crippen molar-refractivity contribution in [2.24, 2.45) is 0 Å². The van der Waals surface area contributed by atoms with Gasteiger partial charge in [-0.25, -0.2) is 73.2 Å². The number of aromatic carboxylic acids is 1. The Morgan fingerprint density at radius 1 is 0.375 bits per heavy atom. The third-order valence-corrected chi connectivity index (χ3v) is 15.2. The lowest BCUT2D eigenvalue weighted by molar-refractivity contribution is 0.0510. The largest absolute Gasteiger partial charge is 0.476 e. The summed E-state index contributed by atoms with van der Waals surface area (Å²) in [5, 5.41) is 36.7. The molecule has 0 fully saturated rings. The van der Waals surface area contributed by atoms with Crippen LogP contribution in [0, 0.1) is 0 Å². The highest BCUT2D eigenvalue weighted by molar-refractivity contribution is 7.16. The summed E-state index contributed by atoms with van der Waals surface area (Å²) in [6.07, 6.45) is -2.00. The third-order valence-electron chi connectivity index (χ3n) is 9.28. The number of amides is 6. The maximum Gasteiger partial charge on any atom is 0.413 e. The van der Waals surface area contributed by atoms with Crippen molar-refractivity contribution < 1.29 is 91.0 Å². The molecule has 9 N–H and O–H groups in total. The van der Waals surface area contributed by atoms with Crippen molar-refractivity contribution in [3.8, 4) is 5.19 Å². The Morgan fingerprint density at radius 3 is 0.938 bits per heavy atom. The molecule has 8 heterocycles. The number of carboxylic acid groups (broad SMARTS) is 1. The van der Waals surface area contributed by atoms with Crippen LogP contribution in [0.3, 0.4) is 0 Å². The molecule has 0 saturated heterocycles. The Labute approximate surface area is 582 Å². The van der Waals surface area contributed by atoms with Crippen molar-refractivity contribution in [3.05, 3.63) is 88.6 Å². The second kappa shape index (κ2) is 36.5. The number of nitrogens with zero attached hydrogens (tertiary/aromatic N) is 8. The number of nitrogen functional groups attached to an aromatic ring is 1. The zero-order valence-electron chi connectivity index (χ0n) is 52.4. The molecule has 0 unspecified atom stereocenters. The highest BCUT2D eigenvalue weighted by Gasteiger charge is 2.25. The maximum absolute atomic E-state index is 12.4. The number of ether oxygens (including phenoxy) is 7. The van der Waals surface area contributed by atoms with Crippen LogP contribution in [-0.2, 0) is 28.4 Å². The SMILES string of the molecule is CC(C)(C)OC(=O)Nc1nc(C(=O)O)cs1.CCOC(=O)c1csc(NC(=O)c2csc(N)n2)n1.CCOC(=O)c1csc(NC(=O)c2csc(NC(=O)OC(C)(C)C)n2)n1.CCOC(=O)c1csc(OC(=O)c2csc(NC(=O)c3csc(NC(=O)OC(C)(C)C)n3)n2)n1.Cl. The summed E-state index contributed by atoms with van der Waals surface area (Å²) in [6, 6.07) is 0. The number of carbonyl (C=O) groups excluding carboxylic acids is 10. The van der Waals surface area contributed by atoms with Crippen molar-refractivity contribution in [3.63, 3.8) is 0 Å². The number of anilines is 7. The monoisotopic (exact) mass is 1500 g/mol. The van der Waals surface area contributed by atoms with Gasteiger partial charge in [0.2, 0.25) is 0 Å². The molecule has 0 spiro atoms. The zero-order chi connectivity index (χ0) is 70.4. The number of aromatic nitrogens is 8. The van der Waals surface area contributed by atoms with Crippen LogP contribution in [0.25, 0.3) is 0 Å². The lowest BCUT2D eigenvalue weighted by Gasteiger charge is -2.18. The first-order valence-electron chi connectivity index (χ1n) is 26.9. The van der Waals surface area contributed by atoms with Crippen molar-refractivity contribution in [1.82, 2.24) is 39.9 Å². The van der Waals surface area contributed by atoms with Gasteiger partial charge >= 0.3 is 48.1 Å². The Morgan fingerprint density at radius 2 is 0.635 bits per heavy atom. The fourth-order valence-corrected chi connectivity index (χ4v) is 11.0. The normalized spacial score (nSPS) is 10.7. The minimum atomic E-state index is -1.13. The van der Waals surface area contributed by atoms with E-state index in [9.17, 15) is 52.7 Å². The van der Waals surface area contributed by atoms with Crippen LogP contribution in [0.5, 0.6) is 5.19 Å². The quantitative estimate of drug-likeness (QED) is 0.0292. The second-order valence-electron chi connectivity index (χ2n) is 20.4. The van der Waals surface area contributed by atoms with Gasteiger partial charge in [0.15, 0.2) is 64.4 Å². The average molecular weight is 1500 g/mol. The number of carboxylic acids is 1. The van der Waals surface area contributed by atoms with Crippen LogP contribution in [-0.4, -0.2) is 147 Å². The summed E-state index contributed by atoms with van der Waals surface area (Å²) in [7, 11) is 0. The Balaban J connectivity index is 0.000000282. The molecule has 0 bridgehead atoms. The molecular formula is C53H60ClN15O19S8. The van der Waals surface area contributed by atoms with E-state index in [-0.39, 0.29) is 109 Å². The molecule has 0 saturated carbocycles. The lowest BCUT2D eigenvalue weighted by Crippen LogP contribution is -2.27. The summed E-state index contributed by atoms with van der Waals surface area (Å²) >= 11 is 8.52. The van der Waals surface area contributed by atoms with Gasteiger partial charge in [0, 0.05) is 43.0 Å². The van der Waals surface area contributed by atoms with Crippen molar-refractivity contribution >= 4 is 205 Å². The molecule has 0 aliphatic rings. The van der Waals surface area contributed by atoms with Gasteiger partial charge in [0.1, 0.15) is 33.9 Å². The number of nitrogens with two attached hydrogens (primary N) is 1. The molecule has 0 aliphatic heterocycles. The van der Waals surface area contributed by atoms with E-state index in [4.69, 9.17) is 44.0 Å². The molecule has 0 radical (unpaired) electrons. The minimum absolute atomic E-state index is 0. The average Bonchev–Trinajstić information content (AvgIpc) is 1.75. The van der Waals surface area contributed by atoms with Crippen LogP contribution in [0.2, 0.25) is 0 Å². The smallest absolute Gasteiger partial charge is 0.413 e. The maximum atomic E-state index is 12.4. The summed E-state index contributed by atoms with van der Waals surface area (Å²) in [5.74, 6) is -5.14. The molecule has 43 heteroatoms. The van der Waals surface area contributed by atoms with E-state index in [1.165, 1.54) is 49.0 Å². The number of rotatable bonds is 18. The predicted octanol–water partition coefficient (Wildman–Crippen LogP) is 11.6. The number of halogens is 1. The van der Waals surface area contributed by atoms with Gasteiger partial charge in [0.05, 0.1) is 19.8 Å². The Kier molecular flexibility index (Phi) is 30.1. The fraction of sp³-hybridized carbons (Fsp3) is 0.340. The van der Waals surface area contributed by atoms with Gasteiger partial charge in [-0.05, 0) is 83.1 Å². The first-order chi connectivity index (χ1) is 44.6. The van der Waals surface area contributed by atoms with E-state index in [1.807, 2.05) is 0 Å². The molecular weight excluding hydrogens is 1440 g/mol. The van der Waals surface area contributed by atoms with Crippen LogP contribution in [0.4, 0.5) is 50.3 Å². The second-order valence-corrected chi connectivity index (χ2v) is 27.3. The predicted molar refractivity (Wildman–Crippen MR) is 362 cm³/mol. The standard InChI is InChI=1S/C19H19N5O7S3.C15H18N4O5S2.C10H10N4O3S2.C9H12N2O4S.ClH/c1-5-29-13(26)10-8-34-18(22-10)30-14(27)11-7-33-15(21-11)23-12(25)9-6-32-16(20-9)24-17(28)31-19(2,3)4;1-5-23-11(21)9-7-26-12(17-9)18-10(20)8-6-25-13(16-8)19-14(22)24-15(2,3)4;1-2-17-8(16)6-4-19-10(13-6)14-7(15)5-3-18-9(11)12-5;1-9(2,3)15-8(14)11-7-10-5(4-16-7)6(12)13;/h6-8H,5H2,1-4H3,(H,20,24,28)(H,21,23,25);6-7H,5H2,1-4H3,(H,16,19,22)(H,17,18,20);3-4H,2H2,1H3,(H2,11,12)(H,13,14,15);4H,1-3H3,(H,12,13)(H,10,11,14);1H. The molecule has 8 rings (SSSR count). The summed E-state index contributed by atoms with van der Waals surface area (Å²) < 4.78 is 34.8. The van der Waals surface area contributed by atoms with Gasteiger partial charge in [-0.1, -0.05) is 11.3 Å². The lowest BCUT2D eigenvalue weighted by atomic mass is 10.2. The highest BCUT2D eigenvalue weighted by atomic mass is 35.5. The van der Waals surface area contributed by atoms with Gasteiger partial charge in [-0.2, -0.15) is 4.98 Å². The molecule has 8 aromatic heterocycles. The minimum Gasteiger partial charge on any atom is -0.476 e. The van der Waals surface area contributed by atoms with Crippen molar-refractivity contribution in [1.29, 1.82) is 0 Å². The molecule has 0 atom stereocenters. The molecule has 8 aromatic rings. The first kappa shape index (κ1) is 79.1. The van der Waals surface area contributed by atoms with Gasteiger partial charge < -0.3 is 44.0 Å². The third kappa shape index (κ3) is 27.6. The van der Waals surface area contributed by atoms with E-state index in [0.717, 1.165) is 79.4 Å². The number of carbonyl (C=O) groups is 11. The molecule has 34 nitrogen and oxygen atoms in total. The summed E-state index contributed by atoms with van der Waals surface area (Å²) in [6.45, 7) is 21.4. The topological polar surface area (TPSA) is 474 Å². The number of esters is 4. The number of thiazole rings is 8. The van der Waals surface area contributed by atoms with Gasteiger partial charge in [0.25, 0.3) is 22.9 Å². The van der Waals surface area contributed by atoms with Crippen LogP contribution in [0.15, 0.2) is 43.0 Å². The molecule has 516 valence electrons. The van der Waals surface area contributed by atoms with E-state index in [1.54, 1.807) is 88.5 Å². The van der Waals surface area contributed by atoms with E-state index < -0.39 is 82.7 Å². The number of hydrogen-bond donors (Lipinski definition) is 8. The Hall–Kier alpha value is -9.30. The van der Waals surface area contributed by atoms with Crippen LogP contribution >= 0.6 is 103 Å².